The molecule has 0 saturated heterocycles. The summed E-state index contributed by atoms with van der Waals surface area (Å²) in [6, 6.07) is 6.42. The van der Waals surface area contributed by atoms with E-state index >= 15 is 0 Å². The average molecular weight is 304 g/mol. The van der Waals surface area contributed by atoms with Crippen molar-refractivity contribution >= 4 is 21.8 Å². The Morgan fingerprint density at radius 1 is 1.29 bits per heavy atom. The van der Waals surface area contributed by atoms with E-state index in [0.717, 1.165) is 4.47 Å². The van der Waals surface area contributed by atoms with E-state index in [0.29, 0.717) is 5.75 Å². The van der Waals surface area contributed by atoms with Gasteiger partial charge in [-0.25, -0.2) is 0 Å². The summed E-state index contributed by atoms with van der Waals surface area (Å²) in [7, 11) is 0. The lowest BCUT2D eigenvalue weighted by Gasteiger charge is -2.13. The predicted molar refractivity (Wildman–Crippen MR) is 65.7 cm³/mol. The van der Waals surface area contributed by atoms with E-state index < -0.39 is 6.04 Å². The van der Waals surface area contributed by atoms with Crippen LogP contribution in [0.2, 0.25) is 0 Å². The number of aliphatic hydroxyl groups is 2. The molecule has 0 radical (unpaired) electrons. The van der Waals surface area contributed by atoms with Crippen molar-refractivity contribution in [3.63, 3.8) is 0 Å². The molecule has 5 nitrogen and oxygen atoms in total. The second-order valence-corrected chi connectivity index (χ2v) is 4.29. The number of halogens is 1. The van der Waals surface area contributed by atoms with Gasteiger partial charge in [0, 0.05) is 4.47 Å². The first-order chi connectivity index (χ1) is 8.15. The van der Waals surface area contributed by atoms with Crippen LogP contribution in [0, 0.1) is 0 Å². The first-order valence-corrected chi connectivity index (χ1v) is 5.84. The number of aliphatic hydroxyl groups excluding tert-OH is 2. The number of hydrogen-bond donors (Lipinski definition) is 3. The summed E-state index contributed by atoms with van der Waals surface area (Å²) < 4.78 is 6.14. The Labute approximate surface area is 108 Å². The topological polar surface area (TPSA) is 78.8 Å². The number of ether oxygens (including phenoxy) is 1. The highest BCUT2D eigenvalue weighted by Crippen LogP contribution is 2.15. The number of carbonyl (C=O) groups is 1. The van der Waals surface area contributed by atoms with Crippen LogP contribution in [0.4, 0.5) is 0 Å². The molecule has 1 aromatic carbocycles. The van der Waals surface area contributed by atoms with Gasteiger partial charge in [-0.05, 0) is 24.3 Å². The number of carbonyl (C=O) groups excluding carboxylic acids is 1. The van der Waals surface area contributed by atoms with Crippen LogP contribution in [-0.2, 0) is 4.79 Å². The van der Waals surface area contributed by atoms with Crippen LogP contribution in [0.25, 0.3) is 0 Å². The minimum absolute atomic E-state index is 0.155. The van der Waals surface area contributed by atoms with Crippen LogP contribution < -0.4 is 10.1 Å². The minimum Gasteiger partial charge on any atom is -0.484 e. The molecule has 0 unspecified atom stereocenters. The van der Waals surface area contributed by atoms with Crippen LogP contribution in [-0.4, -0.2) is 42.0 Å². The average Bonchev–Trinajstić information content (AvgIpc) is 2.35. The van der Waals surface area contributed by atoms with Crippen LogP contribution in [0.1, 0.15) is 0 Å². The van der Waals surface area contributed by atoms with Crippen molar-refractivity contribution in [2.75, 3.05) is 19.8 Å². The van der Waals surface area contributed by atoms with Gasteiger partial charge in [0.25, 0.3) is 5.91 Å². The molecule has 1 rings (SSSR count). The summed E-state index contributed by atoms with van der Waals surface area (Å²) in [5.41, 5.74) is 0. The van der Waals surface area contributed by atoms with Crippen molar-refractivity contribution in [1.29, 1.82) is 0 Å². The molecule has 94 valence electrons. The van der Waals surface area contributed by atoms with Crippen LogP contribution in [0.15, 0.2) is 28.7 Å². The van der Waals surface area contributed by atoms with E-state index in [9.17, 15) is 4.79 Å². The quantitative estimate of drug-likeness (QED) is 0.706. The number of rotatable bonds is 6. The van der Waals surface area contributed by atoms with Crippen LogP contribution >= 0.6 is 15.9 Å². The maximum atomic E-state index is 11.3. The Morgan fingerprint density at radius 2 is 1.88 bits per heavy atom. The van der Waals surface area contributed by atoms with E-state index in [1.165, 1.54) is 0 Å². The van der Waals surface area contributed by atoms with Crippen LogP contribution in [0.5, 0.6) is 5.75 Å². The normalized spacial score (nSPS) is 10.4. The van der Waals surface area contributed by atoms with Gasteiger partial charge in [-0.15, -0.1) is 0 Å². The van der Waals surface area contributed by atoms with Gasteiger partial charge in [0.15, 0.2) is 6.61 Å². The SMILES string of the molecule is O=C(COc1ccc(Br)cc1)NC(CO)CO. The second kappa shape index (κ2) is 7.26. The lowest BCUT2D eigenvalue weighted by atomic mass is 10.3. The molecule has 0 aliphatic heterocycles. The molecule has 0 saturated carbocycles. The summed E-state index contributed by atoms with van der Waals surface area (Å²) >= 11 is 3.29. The zero-order valence-electron chi connectivity index (χ0n) is 9.10. The van der Waals surface area contributed by atoms with E-state index in [4.69, 9.17) is 14.9 Å². The molecule has 0 aromatic heterocycles. The Morgan fingerprint density at radius 3 is 2.41 bits per heavy atom. The van der Waals surface area contributed by atoms with Crippen molar-refractivity contribution < 1.29 is 19.7 Å². The van der Waals surface area contributed by atoms with Gasteiger partial charge < -0.3 is 20.3 Å². The molecule has 1 amide bonds. The van der Waals surface area contributed by atoms with Crippen molar-refractivity contribution in [2.45, 2.75) is 6.04 Å². The maximum Gasteiger partial charge on any atom is 0.258 e. The predicted octanol–water partition coefficient (Wildman–Crippen LogP) is 0.297. The zero-order chi connectivity index (χ0) is 12.7. The van der Waals surface area contributed by atoms with E-state index in [1.54, 1.807) is 24.3 Å². The smallest absolute Gasteiger partial charge is 0.258 e. The molecule has 0 fully saturated rings. The van der Waals surface area contributed by atoms with E-state index in [-0.39, 0.29) is 25.7 Å². The van der Waals surface area contributed by atoms with Gasteiger partial charge in [-0.1, -0.05) is 15.9 Å². The Hall–Kier alpha value is -1.11. The number of hydrogen-bond acceptors (Lipinski definition) is 4. The number of benzene rings is 1. The molecule has 3 N–H and O–H groups in total. The van der Waals surface area contributed by atoms with Crippen LogP contribution in [0.3, 0.4) is 0 Å². The minimum atomic E-state index is -0.643. The maximum absolute atomic E-state index is 11.3. The highest BCUT2D eigenvalue weighted by atomic mass is 79.9. The van der Waals surface area contributed by atoms with Crippen molar-refractivity contribution in [2.24, 2.45) is 0 Å². The fourth-order valence-corrected chi connectivity index (χ4v) is 1.36. The highest BCUT2D eigenvalue weighted by molar-refractivity contribution is 9.10. The molecule has 0 aliphatic carbocycles. The molecule has 6 heteroatoms. The molecule has 0 atom stereocenters. The zero-order valence-corrected chi connectivity index (χ0v) is 10.7. The monoisotopic (exact) mass is 303 g/mol. The van der Waals surface area contributed by atoms with Crippen molar-refractivity contribution in [3.8, 4) is 5.75 Å². The van der Waals surface area contributed by atoms with Gasteiger partial charge >= 0.3 is 0 Å². The molecular weight excluding hydrogens is 290 g/mol. The number of nitrogens with one attached hydrogen (secondary N) is 1. The van der Waals surface area contributed by atoms with Crippen molar-refractivity contribution in [3.05, 3.63) is 28.7 Å². The lowest BCUT2D eigenvalue weighted by molar-refractivity contribution is -0.124. The van der Waals surface area contributed by atoms with Gasteiger partial charge in [-0.3, -0.25) is 4.79 Å². The second-order valence-electron chi connectivity index (χ2n) is 3.37. The lowest BCUT2D eigenvalue weighted by Crippen LogP contribution is -2.42. The third-order valence-corrected chi connectivity index (χ3v) is 2.52. The molecule has 0 aliphatic rings. The first-order valence-electron chi connectivity index (χ1n) is 5.05. The van der Waals surface area contributed by atoms with Gasteiger partial charge in [-0.2, -0.15) is 0 Å². The van der Waals surface area contributed by atoms with Gasteiger partial charge in [0.1, 0.15) is 5.75 Å². The summed E-state index contributed by atoms with van der Waals surface area (Å²) in [6.45, 7) is -0.765. The molecule has 0 heterocycles. The third-order valence-electron chi connectivity index (χ3n) is 1.99. The summed E-state index contributed by atoms with van der Waals surface area (Å²) in [5.74, 6) is 0.189. The molecule has 17 heavy (non-hydrogen) atoms. The fourth-order valence-electron chi connectivity index (χ4n) is 1.10. The van der Waals surface area contributed by atoms with Gasteiger partial charge in [0.2, 0.25) is 0 Å². The summed E-state index contributed by atoms with van der Waals surface area (Å²) in [4.78, 5) is 11.3. The molecular formula is C11H14BrNO4. The van der Waals surface area contributed by atoms with Crippen molar-refractivity contribution in [1.82, 2.24) is 5.32 Å². The molecule has 0 spiro atoms. The van der Waals surface area contributed by atoms with Gasteiger partial charge in [0.05, 0.1) is 19.3 Å². The number of amides is 1. The molecule has 1 aromatic rings. The standard InChI is InChI=1S/C11H14BrNO4/c12-8-1-3-10(4-2-8)17-7-11(16)13-9(5-14)6-15/h1-4,9,14-15H,5-7H2,(H,13,16). The third kappa shape index (κ3) is 5.16. The summed E-state index contributed by atoms with van der Waals surface area (Å²) in [6.07, 6.45) is 0. The Balaban J connectivity index is 2.35. The Kier molecular flexibility index (Phi) is 5.96. The summed E-state index contributed by atoms with van der Waals surface area (Å²) in [5, 5.41) is 20.0. The van der Waals surface area contributed by atoms with E-state index in [2.05, 4.69) is 21.2 Å². The highest BCUT2D eigenvalue weighted by Gasteiger charge is 2.10. The Bertz CT molecular complexity index is 351. The molecule has 0 bridgehead atoms. The largest absolute Gasteiger partial charge is 0.484 e. The fraction of sp³-hybridized carbons (Fsp3) is 0.364. The first kappa shape index (κ1) is 14.0. The van der Waals surface area contributed by atoms with E-state index in [1.807, 2.05) is 0 Å².